The second-order valence-corrected chi connectivity index (χ2v) is 7.21. The largest absolute Gasteiger partial charge is 0.456 e. The fourth-order valence-corrected chi connectivity index (χ4v) is 2.92. The van der Waals surface area contributed by atoms with E-state index in [2.05, 4.69) is 4.98 Å². The lowest BCUT2D eigenvalue weighted by Gasteiger charge is -2.19. The number of hydrogen-bond acceptors (Lipinski definition) is 4. The summed E-state index contributed by atoms with van der Waals surface area (Å²) in [6.45, 7) is 7.13. The molecule has 1 aromatic heterocycles. The van der Waals surface area contributed by atoms with Gasteiger partial charge in [-0.1, -0.05) is 30.3 Å². The van der Waals surface area contributed by atoms with Crippen LogP contribution in [-0.4, -0.2) is 21.5 Å². The van der Waals surface area contributed by atoms with Gasteiger partial charge in [0.2, 0.25) is 0 Å². The Kier molecular flexibility index (Phi) is 4.28. The number of nitrogens with zero attached hydrogens (tertiary/aromatic N) is 1. The van der Waals surface area contributed by atoms with Crippen LogP contribution in [0.4, 0.5) is 5.69 Å². The number of carbonyl (C=O) groups is 1. The number of fused-ring (bicyclic) bond motifs is 1. The second kappa shape index (κ2) is 6.29. The van der Waals surface area contributed by atoms with Crippen molar-refractivity contribution in [2.24, 2.45) is 0 Å². The lowest BCUT2D eigenvalue weighted by atomic mass is 10.0. The SMILES string of the molecule is Cc1cc([N+](=O)[O-])c2[nH]c(-c3ccccc3)c(C(=O)OC(C)(C)C)c2c1. The first-order chi connectivity index (χ1) is 12.2. The summed E-state index contributed by atoms with van der Waals surface area (Å²) >= 11 is 0. The van der Waals surface area contributed by atoms with E-state index in [-0.39, 0.29) is 5.69 Å². The average molecular weight is 352 g/mol. The molecule has 0 spiro atoms. The van der Waals surface area contributed by atoms with Crippen molar-refractivity contribution < 1.29 is 14.5 Å². The number of nitro groups is 1. The summed E-state index contributed by atoms with van der Waals surface area (Å²) in [5, 5.41) is 12.0. The molecule has 3 rings (SSSR count). The topological polar surface area (TPSA) is 85.2 Å². The predicted molar refractivity (Wildman–Crippen MR) is 100 cm³/mol. The van der Waals surface area contributed by atoms with Crippen molar-refractivity contribution in [1.82, 2.24) is 4.98 Å². The van der Waals surface area contributed by atoms with E-state index >= 15 is 0 Å². The van der Waals surface area contributed by atoms with Crippen LogP contribution in [-0.2, 0) is 4.74 Å². The zero-order chi connectivity index (χ0) is 19.1. The van der Waals surface area contributed by atoms with Crippen LogP contribution >= 0.6 is 0 Å². The third kappa shape index (κ3) is 3.31. The number of nitrogens with one attached hydrogen (secondary N) is 1. The maximum absolute atomic E-state index is 12.9. The van der Waals surface area contributed by atoms with Crippen LogP contribution in [0.2, 0.25) is 0 Å². The summed E-state index contributed by atoms with van der Waals surface area (Å²) in [4.78, 5) is 27.0. The molecular formula is C20H20N2O4. The molecule has 2 aromatic carbocycles. The van der Waals surface area contributed by atoms with Crippen molar-refractivity contribution in [1.29, 1.82) is 0 Å². The normalized spacial score (nSPS) is 11.5. The van der Waals surface area contributed by atoms with Crippen LogP contribution < -0.4 is 0 Å². The lowest BCUT2D eigenvalue weighted by molar-refractivity contribution is -0.383. The first-order valence-corrected chi connectivity index (χ1v) is 8.27. The first-order valence-electron chi connectivity index (χ1n) is 8.27. The number of aromatic amines is 1. The molecule has 0 bridgehead atoms. The highest BCUT2D eigenvalue weighted by Crippen LogP contribution is 2.36. The molecule has 1 heterocycles. The maximum Gasteiger partial charge on any atom is 0.341 e. The van der Waals surface area contributed by atoms with Gasteiger partial charge in [-0.3, -0.25) is 10.1 Å². The van der Waals surface area contributed by atoms with E-state index in [1.807, 2.05) is 30.3 Å². The molecule has 6 heteroatoms. The van der Waals surface area contributed by atoms with Gasteiger partial charge in [0.1, 0.15) is 11.1 Å². The number of esters is 1. The standard InChI is InChI=1S/C20H20N2O4/c1-12-10-14-16(19(23)26-20(2,3)4)17(13-8-6-5-7-9-13)21-18(14)15(11-12)22(24)25/h5-11,21H,1-4H3. The molecule has 6 nitrogen and oxygen atoms in total. The summed E-state index contributed by atoms with van der Waals surface area (Å²) in [5.41, 5.74) is 1.87. The molecule has 0 atom stereocenters. The third-order valence-electron chi connectivity index (χ3n) is 3.89. The van der Waals surface area contributed by atoms with Crippen LogP contribution in [0, 0.1) is 17.0 Å². The highest BCUT2D eigenvalue weighted by molar-refractivity contribution is 6.12. The summed E-state index contributed by atoms with van der Waals surface area (Å²) in [5.74, 6) is -0.512. The first kappa shape index (κ1) is 17.7. The number of H-pyrrole nitrogens is 1. The fraction of sp³-hybridized carbons (Fsp3) is 0.250. The third-order valence-corrected chi connectivity index (χ3v) is 3.89. The molecule has 0 unspecified atom stereocenters. The van der Waals surface area contributed by atoms with E-state index in [9.17, 15) is 14.9 Å². The fourth-order valence-electron chi connectivity index (χ4n) is 2.92. The number of aromatic nitrogens is 1. The molecule has 0 aliphatic carbocycles. The lowest BCUT2D eigenvalue weighted by Crippen LogP contribution is -2.24. The van der Waals surface area contributed by atoms with Crippen molar-refractivity contribution >= 4 is 22.6 Å². The molecule has 0 aliphatic rings. The van der Waals surface area contributed by atoms with Crippen molar-refractivity contribution in [2.45, 2.75) is 33.3 Å². The predicted octanol–water partition coefficient (Wildman–Crippen LogP) is 5.01. The van der Waals surface area contributed by atoms with Gasteiger partial charge in [-0.25, -0.2) is 4.79 Å². The van der Waals surface area contributed by atoms with Crippen LogP contribution in [0.25, 0.3) is 22.2 Å². The number of ether oxygens (including phenoxy) is 1. The van der Waals surface area contributed by atoms with Crippen molar-refractivity contribution in [3.63, 3.8) is 0 Å². The highest BCUT2D eigenvalue weighted by Gasteiger charge is 2.28. The van der Waals surface area contributed by atoms with Crippen molar-refractivity contribution in [3.05, 3.63) is 63.7 Å². The van der Waals surface area contributed by atoms with Crippen molar-refractivity contribution in [2.75, 3.05) is 0 Å². The summed E-state index contributed by atoms with van der Waals surface area (Å²) in [6.07, 6.45) is 0. The quantitative estimate of drug-likeness (QED) is 0.408. The minimum absolute atomic E-state index is 0.0630. The summed E-state index contributed by atoms with van der Waals surface area (Å²) in [6, 6.07) is 12.5. The van der Waals surface area contributed by atoms with Crippen LogP contribution in [0.1, 0.15) is 36.7 Å². The number of carbonyl (C=O) groups excluding carboxylic acids is 1. The number of nitro benzene ring substituents is 1. The average Bonchev–Trinajstić information content (AvgIpc) is 2.92. The van der Waals surface area contributed by atoms with E-state index in [1.54, 1.807) is 33.8 Å². The van der Waals surface area contributed by atoms with E-state index in [1.165, 1.54) is 6.07 Å². The zero-order valence-electron chi connectivity index (χ0n) is 15.1. The van der Waals surface area contributed by atoms with Gasteiger partial charge in [-0.05, 0) is 44.9 Å². The number of hydrogen-bond donors (Lipinski definition) is 1. The molecule has 0 fully saturated rings. The van der Waals surface area contributed by atoms with E-state index in [0.29, 0.717) is 27.7 Å². The molecule has 0 amide bonds. The highest BCUT2D eigenvalue weighted by atomic mass is 16.6. The molecule has 0 radical (unpaired) electrons. The van der Waals surface area contributed by atoms with Gasteiger partial charge in [0.25, 0.3) is 5.69 Å². The van der Waals surface area contributed by atoms with Gasteiger partial charge in [-0.15, -0.1) is 0 Å². The molecule has 0 saturated carbocycles. The Morgan fingerprint density at radius 1 is 1.15 bits per heavy atom. The van der Waals surface area contributed by atoms with Gasteiger partial charge < -0.3 is 9.72 Å². The molecule has 0 aliphatic heterocycles. The van der Waals surface area contributed by atoms with Crippen molar-refractivity contribution in [3.8, 4) is 11.3 Å². The Labute approximate surface area is 150 Å². The molecule has 3 aromatic rings. The molecule has 134 valence electrons. The van der Waals surface area contributed by atoms with Crippen LogP contribution in [0.15, 0.2) is 42.5 Å². The zero-order valence-corrected chi connectivity index (χ0v) is 15.1. The molecule has 0 saturated heterocycles. The number of benzene rings is 2. The number of rotatable bonds is 3. The maximum atomic E-state index is 12.9. The molecule has 26 heavy (non-hydrogen) atoms. The smallest absolute Gasteiger partial charge is 0.341 e. The molecule has 1 N–H and O–H groups in total. The summed E-state index contributed by atoms with van der Waals surface area (Å²) in [7, 11) is 0. The minimum Gasteiger partial charge on any atom is -0.456 e. The van der Waals surface area contributed by atoms with Gasteiger partial charge >= 0.3 is 5.97 Å². The van der Waals surface area contributed by atoms with Gasteiger partial charge in [0, 0.05) is 11.5 Å². The van der Waals surface area contributed by atoms with E-state index < -0.39 is 16.5 Å². The Morgan fingerprint density at radius 2 is 1.81 bits per heavy atom. The Balaban J connectivity index is 2.35. The molecular weight excluding hydrogens is 332 g/mol. The monoisotopic (exact) mass is 352 g/mol. The Bertz CT molecular complexity index is 998. The Morgan fingerprint density at radius 3 is 2.38 bits per heavy atom. The van der Waals surface area contributed by atoms with Gasteiger partial charge in [0.15, 0.2) is 0 Å². The Hall–Kier alpha value is -3.15. The van der Waals surface area contributed by atoms with Crippen LogP contribution in [0.5, 0.6) is 0 Å². The number of non-ortho nitro benzene ring substituents is 1. The van der Waals surface area contributed by atoms with E-state index in [0.717, 1.165) is 5.56 Å². The van der Waals surface area contributed by atoms with E-state index in [4.69, 9.17) is 4.74 Å². The van der Waals surface area contributed by atoms with Crippen LogP contribution in [0.3, 0.4) is 0 Å². The summed E-state index contributed by atoms with van der Waals surface area (Å²) < 4.78 is 5.56. The number of aryl methyl sites for hydroxylation is 1. The minimum atomic E-state index is -0.676. The van der Waals surface area contributed by atoms with Gasteiger partial charge in [-0.2, -0.15) is 0 Å². The van der Waals surface area contributed by atoms with Gasteiger partial charge in [0.05, 0.1) is 16.2 Å². The second-order valence-electron chi connectivity index (χ2n) is 7.21.